The van der Waals surface area contributed by atoms with Crippen molar-refractivity contribution in [2.24, 2.45) is 0 Å². The number of hydrogen-bond donors (Lipinski definition) is 2. The number of hydrogen-bond acceptors (Lipinski definition) is 8. The minimum absolute atomic E-state index is 0.0371. The van der Waals surface area contributed by atoms with E-state index in [0.29, 0.717) is 50.9 Å². The number of nitrogens with one attached hydrogen (secondary N) is 1. The second-order valence-electron chi connectivity index (χ2n) is 11.4. The summed E-state index contributed by atoms with van der Waals surface area (Å²) in [6.45, 7) is 7.65. The number of benzene rings is 2. The number of morpholine rings is 1. The number of amides is 1. The van der Waals surface area contributed by atoms with E-state index in [4.69, 9.17) is 14.6 Å². The molecule has 3 atom stereocenters. The molecule has 0 spiro atoms. The number of likely N-dealkylation sites (N-methyl/N-ethyl adjacent to an activating group) is 1. The zero-order chi connectivity index (χ0) is 34.6. The van der Waals surface area contributed by atoms with E-state index >= 15 is 8.78 Å². The van der Waals surface area contributed by atoms with Crippen LogP contribution in [0.15, 0.2) is 36.7 Å². The van der Waals surface area contributed by atoms with E-state index in [1.54, 1.807) is 4.90 Å². The van der Waals surface area contributed by atoms with Gasteiger partial charge < -0.3 is 25.0 Å². The fourth-order valence-electron chi connectivity index (χ4n) is 5.58. The van der Waals surface area contributed by atoms with Gasteiger partial charge in [0.25, 0.3) is 12.4 Å². The van der Waals surface area contributed by atoms with Crippen LogP contribution >= 0.6 is 0 Å². The fourth-order valence-corrected chi connectivity index (χ4v) is 5.58. The Bertz CT molecular complexity index is 1580. The predicted octanol–water partition coefficient (Wildman–Crippen LogP) is 5.29. The minimum atomic E-state index is -5.07. The van der Waals surface area contributed by atoms with Gasteiger partial charge in [-0.25, -0.2) is 23.1 Å². The normalized spacial score (nSPS) is 20.3. The van der Waals surface area contributed by atoms with Crippen LogP contribution in [-0.4, -0.2) is 90.4 Å². The molecule has 2 aliphatic heterocycles. The van der Waals surface area contributed by atoms with Crippen molar-refractivity contribution in [2.45, 2.75) is 45.1 Å². The van der Waals surface area contributed by atoms with Gasteiger partial charge in [0.1, 0.15) is 17.3 Å². The number of ether oxygens (including phenoxy) is 1. The highest BCUT2D eigenvalue weighted by Crippen LogP contribution is 2.40. The molecule has 0 saturated carbocycles. The summed E-state index contributed by atoms with van der Waals surface area (Å²) in [5.41, 5.74) is -3.59. The Morgan fingerprint density at radius 2 is 1.64 bits per heavy atom. The highest BCUT2D eigenvalue weighted by atomic mass is 19.4. The van der Waals surface area contributed by atoms with E-state index in [0.717, 1.165) is 6.07 Å². The van der Waals surface area contributed by atoms with E-state index < -0.39 is 51.9 Å². The third kappa shape index (κ3) is 7.93. The second kappa shape index (κ2) is 14.5. The van der Waals surface area contributed by atoms with Crippen molar-refractivity contribution in [3.05, 3.63) is 65.2 Å². The average Bonchev–Trinajstić information content (AvgIpc) is 3.01. The lowest BCUT2D eigenvalue weighted by Crippen LogP contribution is -2.55. The Morgan fingerprint density at radius 3 is 2.21 bits per heavy atom. The van der Waals surface area contributed by atoms with Crippen LogP contribution in [0.3, 0.4) is 0 Å². The maximum absolute atomic E-state index is 16.4. The lowest BCUT2D eigenvalue weighted by Gasteiger charge is -2.44. The number of carboxylic acid groups (broad SMARTS) is 1. The first kappa shape index (κ1) is 35.4. The quantitative estimate of drug-likeness (QED) is 0.277. The number of carbonyl (C=O) groups excluding carboxylic acids is 1. The molecule has 3 aromatic rings. The van der Waals surface area contributed by atoms with Crippen molar-refractivity contribution in [1.82, 2.24) is 14.9 Å². The van der Waals surface area contributed by atoms with Gasteiger partial charge in [-0.15, -0.1) is 0 Å². The van der Waals surface area contributed by atoms with Gasteiger partial charge in [0.2, 0.25) is 5.95 Å². The predicted molar refractivity (Wildman–Crippen MR) is 162 cm³/mol. The van der Waals surface area contributed by atoms with Gasteiger partial charge in [-0.2, -0.15) is 13.2 Å². The van der Waals surface area contributed by atoms with Crippen molar-refractivity contribution in [1.29, 1.82) is 0 Å². The summed E-state index contributed by atoms with van der Waals surface area (Å²) in [5.74, 6) is -4.37. The lowest BCUT2D eigenvalue weighted by molar-refractivity contribution is -0.138. The third-order valence-corrected chi connectivity index (χ3v) is 8.12. The van der Waals surface area contributed by atoms with E-state index in [1.165, 1.54) is 12.4 Å². The number of halogens is 6. The van der Waals surface area contributed by atoms with Gasteiger partial charge in [0, 0.05) is 62.3 Å². The average molecular weight is 669 g/mol. The zero-order valence-corrected chi connectivity index (χ0v) is 26.0. The highest BCUT2D eigenvalue weighted by Gasteiger charge is 2.37. The first-order valence-electron chi connectivity index (χ1n) is 14.6. The number of alkyl halides is 3. The van der Waals surface area contributed by atoms with Gasteiger partial charge in [0.15, 0.2) is 5.82 Å². The molecule has 3 heterocycles. The maximum atomic E-state index is 16.4. The first-order valence-corrected chi connectivity index (χ1v) is 14.6. The van der Waals surface area contributed by atoms with Crippen molar-refractivity contribution in [3.8, 4) is 11.1 Å². The zero-order valence-electron chi connectivity index (χ0n) is 26.0. The molecule has 0 bridgehead atoms. The van der Waals surface area contributed by atoms with Crippen LogP contribution in [0, 0.1) is 17.5 Å². The smallest absolute Gasteiger partial charge is 0.417 e. The molecule has 2 aliphatic rings. The minimum Gasteiger partial charge on any atom is -0.483 e. The van der Waals surface area contributed by atoms with Crippen LogP contribution in [0.2, 0.25) is 0 Å². The fraction of sp³-hybridized carbons (Fsp3) is 0.419. The maximum Gasteiger partial charge on any atom is 0.417 e. The summed E-state index contributed by atoms with van der Waals surface area (Å²) in [7, 11) is 1.91. The molecule has 254 valence electrons. The molecule has 1 aromatic heterocycles. The number of carbonyl (C=O) groups is 2. The summed E-state index contributed by atoms with van der Waals surface area (Å²) in [5, 5.41) is 9.14. The molecule has 0 aliphatic carbocycles. The monoisotopic (exact) mass is 668 g/mol. The number of aromatic nitrogens is 2. The molecule has 10 nitrogen and oxygen atoms in total. The van der Waals surface area contributed by atoms with Crippen molar-refractivity contribution >= 4 is 29.7 Å². The van der Waals surface area contributed by atoms with E-state index in [2.05, 4.69) is 20.2 Å². The Kier molecular flexibility index (Phi) is 11.0. The molecule has 0 unspecified atom stereocenters. The van der Waals surface area contributed by atoms with Gasteiger partial charge >= 0.3 is 6.18 Å². The molecule has 2 saturated heterocycles. The lowest BCUT2D eigenvalue weighted by atomic mass is 10.0. The van der Waals surface area contributed by atoms with Crippen LogP contribution in [0.5, 0.6) is 0 Å². The Hall–Kier alpha value is -4.44. The highest BCUT2D eigenvalue weighted by molar-refractivity contribution is 6.07. The van der Waals surface area contributed by atoms with E-state index in [9.17, 15) is 22.4 Å². The van der Waals surface area contributed by atoms with Crippen LogP contribution in [0.4, 0.5) is 43.7 Å². The Morgan fingerprint density at radius 1 is 1.02 bits per heavy atom. The summed E-state index contributed by atoms with van der Waals surface area (Å²) in [6, 6.07) is 2.52. The summed E-state index contributed by atoms with van der Waals surface area (Å²) < 4.78 is 92.6. The van der Waals surface area contributed by atoms with Crippen LogP contribution in [0.1, 0.15) is 36.7 Å². The van der Waals surface area contributed by atoms with Gasteiger partial charge in [-0.05, 0) is 46.0 Å². The number of nitrogens with zero attached hydrogens (tertiary/aromatic N) is 5. The molecule has 0 radical (unpaired) electrons. The topological polar surface area (TPSA) is 111 Å². The Balaban J connectivity index is 0.00000160. The van der Waals surface area contributed by atoms with Gasteiger partial charge in [-0.3, -0.25) is 14.5 Å². The summed E-state index contributed by atoms with van der Waals surface area (Å²) >= 11 is 0. The van der Waals surface area contributed by atoms with Crippen molar-refractivity contribution in [3.63, 3.8) is 0 Å². The van der Waals surface area contributed by atoms with Crippen LogP contribution in [-0.2, 0) is 15.7 Å². The molecular weight excluding hydrogens is 634 g/mol. The third-order valence-electron chi connectivity index (χ3n) is 8.12. The standard InChI is InChI=1S/C30H32F6N6O2.CH2O2/c1-16-13-42(14-17(2)40(16)4)24-10-23(32)25(19-11-37-29(38-12-19)41-7-8-44-18(3)15-41)26(33)27(24)39-28(43)21-6-5-20(31)9-22(21)30(34,35)36;2-1-3/h5-6,9-12,16-18H,7-8,13-15H2,1-4H3,(H,39,43);1H,(H,2,3)/t16-,17+,18-;/m1./s1. The number of piperazine rings is 1. The van der Waals surface area contributed by atoms with Crippen LogP contribution < -0.4 is 15.1 Å². The molecule has 2 N–H and O–H groups in total. The van der Waals surface area contributed by atoms with E-state index in [-0.39, 0.29) is 42.0 Å². The van der Waals surface area contributed by atoms with Crippen molar-refractivity contribution < 1.29 is 45.8 Å². The molecule has 1 amide bonds. The largest absolute Gasteiger partial charge is 0.483 e. The molecular formula is C31H34F6N6O4. The summed E-state index contributed by atoms with van der Waals surface area (Å²) in [6.07, 6.45) is -2.63. The molecule has 47 heavy (non-hydrogen) atoms. The summed E-state index contributed by atoms with van der Waals surface area (Å²) in [4.78, 5) is 35.8. The number of anilines is 3. The van der Waals surface area contributed by atoms with Gasteiger partial charge in [0.05, 0.1) is 35.1 Å². The molecule has 5 rings (SSSR count). The van der Waals surface area contributed by atoms with Crippen LogP contribution in [0.25, 0.3) is 11.1 Å². The SMILES string of the molecule is C[C@@H]1CN(c2ncc(-c3c(F)cc(N4C[C@@H](C)N(C)[C@@H](C)C4)c(NC(=O)c4ccc(F)cc4C(F)(F)F)c3F)cn2)CCO1.O=CO. The Labute approximate surface area is 267 Å². The number of rotatable bonds is 5. The molecule has 2 fully saturated rings. The van der Waals surface area contributed by atoms with Crippen molar-refractivity contribution in [2.75, 3.05) is 55.0 Å². The molecule has 2 aromatic carbocycles. The second-order valence-corrected chi connectivity index (χ2v) is 11.4. The molecule has 16 heteroatoms. The van der Waals surface area contributed by atoms with Gasteiger partial charge in [-0.1, -0.05) is 0 Å². The van der Waals surface area contributed by atoms with E-state index in [1.807, 2.05) is 32.7 Å². The first-order chi connectivity index (χ1) is 22.2.